The second-order valence-corrected chi connectivity index (χ2v) is 5.80. The number of alkyl carbamates (subject to hydrolysis) is 1. The number of nitrogens with one attached hydrogen (secondary N) is 1. The number of carbonyl (C=O) groups is 1. The maximum Gasteiger partial charge on any atom is 0.407 e. The van der Waals surface area contributed by atoms with E-state index in [4.69, 9.17) is 4.74 Å². The number of amides is 1. The van der Waals surface area contributed by atoms with Crippen molar-refractivity contribution in [2.75, 3.05) is 0 Å². The van der Waals surface area contributed by atoms with Crippen LogP contribution in [0.5, 0.6) is 0 Å². The fourth-order valence-corrected chi connectivity index (χ4v) is 1.99. The highest BCUT2D eigenvalue weighted by atomic mass is 16.6. The van der Waals surface area contributed by atoms with Gasteiger partial charge in [0.15, 0.2) is 0 Å². The van der Waals surface area contributed by atoms with Crippen LogP contribution in [-0.2, 0) is 4.74 Å². The molecule has 2 N–H and O–H groups in total. The van der Waals surface area contributed by atoms with Gasteiger partial charge in [0.25, 0.3) is 0 Å². The molecule has 0 saturated heterocycles. The van der Waals surface area contributed by atoms with Gasteiger partial charge in [-0.15, -0.1) is 0 Å². The monoisotopic (exact) mass is 229 g/mol. The number of ether oxygens (including phenoxy) is 1. The highest BCUT2D eigenvalue weighted by Crippen LogP contribution is 2.28. The third-order valence-electron chi connectivity index (χ3n) is 2.87. The molecule has 4 nitrogen and oxygen atoms in total. The number of rotatable bonds is 1. The van der Waals surface area contributed by atoms with E-state index in [1.165, 1.54) is 0 Å². The summed E-state index contributed by atoms with van der Waals surface area (Å²) < 4.78 is 5.17. The third-order valence-corrected chi connectivity index (χ3v) is 2.87. The van der Waals surface area contributed by atoms with E-state index in [0.29, 0.717) is 0 Å². The molecule has 1 aliphatic carbocycles. The molecule has 1 aliphatic rings. The van der Waals surface area contributed by atoms with E-state index in [-0.39, 0.29) is 6.04 Å². The van der Waals surface area contributed by atoms with Crippen molar-refractivity contribution in [2.45, 2.75) is 70.6 Å². The molecular formula is C12H23NO3. The van der Waals surface area contributed by atoms with Crippen molar-refractivity contribution in [3.8, 4) is 0 Å². The van der Waals surface area contributed by atoms with Gasteiger partial charge in [-0.1, -0.05) is 12.8 Å². The molecule has 0 unspecified atom stereocenters. The lowest BCUT2D eigenvalue weighted by Crippen LogP contribution is -2.53. The molecule has 1 saturated carbocycles. The lowest BCUT2D eigenvalue weighted by molar-refractivity contribution is -0.0171. The van der Waals surface area contributed by atoms with E-state index in [2.05, 4.69) is 5.32 Å². The van der Waals surface area contributed by atoms with Gasteiger partial charge in [0.05, 0.1) is 11.6 Å². The van der Waals surface area contributed by atoms with Gasteiger partial charge in [-0.05, 0) is 40.5 Å². The van der Waals surface area contributed by atoms with Crippen LogP contribution < -0.4 is 5.32 Å². The average Bonchev–Trinajstić information content (AvgIpc) is 2.05. The lowest BCUT2D eigenvalue weighted by atomic mass is 9.82. The summed E-state index contributed by atoms with van der Waals surface area (Å²) in [5.74, 6) is 0. The predicted octanol–water partition coefficient (Wildman–Crippen LogP) is 2.20. The third kappa shape index (κ3) is 4.00. The summed E-state index contributed by atoms with van der Waals surface area (Å²) in [5.41, 5.74) is -1.31. The molecule has 0 aromatic heterocycles. The van der Waals surface area contributed by atoms with Gasteiger partial charge in [0, 0.05) is 0 Å². The zero-order chi connectivity index (χ0) is 12.4. The number of carbonyl (C=O) groups excluding carboxylic acids is 1. The van der Waals surface area contributed by atoms with Crippen molar-refractivity contribution in [2.24, 2.45) is 0 Å². The molecule has 0 spiro atoms. The van der Waals surface area contributed by atoms with Gasteiger partial charge < -0.3 is 15.2 Å². The number of hydrogen-bond acceptors (Lipinski definition) is 3. The Balaban J connectivity index is 2.49. The van der Waals surface area contributed by atoms with Crippen molar-refractivity contribution in [3.63, 3.8) is 0 Å². The van der Waals surface area contributed by atoms with E-state index >= 15 is 0 Å². The zero-order valence-electron chi connectivity index (χ0n) is 10.7. The van der Waals surface area contributed by atoms with Crippen LogP contribution in [0.2, 0.25) is 0 Å². The van der Waals surface area contributed by atoms with Crippen LogP contribution >= 0.6 is 0 Å². The van der Waals surface area contributed by atoms with Gasteiger partial charge in [-0.25, -0.2) is 4.79 Å². The molecule has 16 heavy (non-hydrogen) atoms. The molecule has 0 aliphatic heterocycles. The van der Waals surface area contributed by atoms with Gasteiger partial charge in [-0.3, -0.25) is 0 Å². The minimum atomic E-state index is -0.810. The highest BCUT2D eigenvalue weighted by molar-refractivity contribution is 5.68. The van der Waals surface area contributed by atoms with E-state index < -0.39 is 17.3 Å². The number of hydrogen-bond donors (Lipinski definition) is 2. The van der Waals surface area contributed by atoms with E-state index in [1.807, 2.05) is 20.8 Å². The Hall–Kier alpha value is -0.770. The topological polar surface area (TPSA) is 58.6 Å². The second-order valence-electron chi connectivity index (χ2n) is 5.80. The van der Waals surface area contributed by atoms with Gasteiger partial charge in [0.2, 0.25) is 0 Å². The van der Waals surface area contributed by atoms with Crippen molar-refractivity contribution in [3.05, 3.63) is 0 Å². The maximum atomic E-state index is 11.6. The highest BCUT2D eigenvalue weighted by Gasteiger charge is 2.36. The van der Waals surface area contributed by atoms with Gasteiger partial charge >= 0.3 is 6.09 Å². The first-order chi connectivity index (χ1) is 7.21. The average molecular weight is 229 g/mol. The summed E-state index contributed by atoms with van der Waals surface area (Å²) in [6, 6.07) is -0.198. The minimum Gasteiger partial charge on any atom is -0.444 e. The first-order valence-electron chi connectivity index (χ1n) is 5.93. The van der Waals surface area contributed by atoms with Crippen LogP contribution in [0.1, 0.15) is 53.4 Å². The van der Waals surface area contributed by atoms with E-state index in [1.54, 1.807) is 6.92 Å². The second kappa shape index (κ2) is 4.62. The van der Waals surface area contributed by atoms with Crippen molar-refractivity contribution in [1.29, 1.82) is 0 Å². The fourth-order valence-electron chi connectivity index (χ4n) is 1.99. The molecule has 1 fully saturated rings. The quantitative estimate of drug-likeness (QED) is 0.724. The first kappa shape index (κ1) is 13.3. The largest absolute Gasteiger partial charge is 0.444 e. The van der Waals surface area contributed by atoms with Gasteiger partial charge in [-0.2, -0.15) is 0 Å². The summed E-state index contributed by atoms with van der Waals surface area (Å²) >= 11 is 0. The SMILES string of the molecule is CC(C)(C)OC(=O)N[C@@H]1CCCC[C@@]1(C)O. The Morgan fingerprint density at radius 2 is 2.06 bits per heavy atom. The number of aliphatic hydroxyl groups is 1. The smallest absolute Gasteiger partial charge is 0.407 e. The van der Waals surface area contributed by atoms with E-state index in [0.717, 1.165) is 25.7 Å². The summed E-state index contributed by atoms with van der Waals surface area (Å²) in [4.78, 5) is 11.6. The molecule has 4 heteroatoms. The van der Waals surface area contributed by atoms with Crippen LogP contribution in [0.25, 0.3) is 0 Å². The lowest BCUT2D eigenvalue weighted by Gasteiger charge is -2.37. The Labute approximate surface area is 97.4 Å². The molecule has 0 aromatic carbocycles. The van der Waals surface area contributed by atoms with E-state index in [9.17, 15) is 9.90 Å². The van der Waals surface area contributed by atoms with Gasteiger partial charge in [0.1, 0.15) is 5.60 Å². The standard InChI is InChI=1S/C12H23NO3/c1-11(2,3)16-10(14)13-9-7-5-6-8-12(9,4)15/h9,15H,5-8H2,1-4H3,(H,13,14)/t9-,12-/m1/s1. The van der Waals surface area contributed by atoms with Crippen LogP contribution in [0, 0.1) is 0 Å². The maximum absolute atomic E-state index is 11.6. The Morgan fingerprint density at radius 3 is 2.56 bits per heavy atom. The van der Waals surface area contributed by atoms with Crippen LogP contribution in [0.4, 0.5) is 4.79 Å². The van der Waals surface area contributed by atoms with Crippen molar-refractivity contribution in [1.82, 2.24) is 5.32 Å². The first-order valence-corrected chi connectivity index (χ1v) is 5.93. The van der Waals surface area contributed by atoms with Crippen molar-refractivity contribution >= 4 is 6.09 Å². The predicted molar refractivity (Wildman–Crippen MR) is 62.2 cm³/mol. The summed E-state index contributed by atoms with van der Waals surface area (Å²) in [6.45, 7) is 7.25. The summed E-state index contributed by atoms with van der Waals surface area (Å²) in [7, 11) is 0. The molecule has 0 bridgehead atoms. The minimum absolute atomic E-state index is 0.198. The van der Waals surface area contributed by atoms with Crippen molar-refractivity contribution < 1.29 is 14.6 Å². The van der Waals surface area contributed by atoms with Crippen LogP contribution in [0.15, 0.2) is 0 Å². The molecule has 1 amide bonds. The molecule has 2 atom stereocenters. The summed E-state index contributed by atoms with van der Waals surface area (Å²) in [5, 5.41) is 12.9. The molecule has 1 rings (SSSR count). The zero-order valence-corrected chi connectivity index (χ0v) is 10.7. The molecule has 94 valence electrons. The Morgan fingerprint density at radius 1 is 1.44 bits per heavy atom. The van der Waals surface area contributed by atoms with Crippen LogP contribution in [0.3, 0.4) is 0 Å². The molecule has 0 heterocycles. The molecule has 0 aromatic rings. The Kier molecular flexibility index (Phi) is 3.84. The van der Waals surface area contributed by atoms with Crippen LogP contribution in [-0.4, -0.2) is 28.4 Å². The summed E-state index contributed by atoms with van der Waals surface area (Å²) in [6.07, 6.45) is 3.15. The molecular weight excluding hydrogens is 206 g/mol. The normalized spacial score (nSPS) is 30.9. The fraction of sp³-hybridized carbons (Fsp3) is 0.917. The molecule has 0 radical (unpaired) electrons. The Bertz CT molecular complexity index is 255.